The Bertz CT molecular complexity index is 886. The fourth-order valence-electron chi connectivity index (χ4n) is 2.18. The maximum absolute atomic E-state index is 11.9. The molecule has 10 heteroatoms. The van der Waals surface area contributed by atoms with Crippen molar-refractivity contribution in [2.45, 2.75) is 12.8 Å². The van der Waals surface area contributed by atoms with Crippen molar-refractivity contribution in [1.82, 2.24) is 10.9 Å². The highest BCUT2D eigenvalue weighted by atomic mass is 79.9. The van der Waals surface area contributed by atoms with Crippen molar-refractivity contribution >= 4 is 56.1 Å². The van der Waals surface area contributed by atoms with E-state index in [0.717, 1.165) is 20.1 Å². The van der Waals surface area contributed by atoms with E-state index in [-0.39, 0.29) is 24.7 Å². The Morgan fingerprint density at radius 2 is 1.23 bits per heavy atom. The van der Waals surface area contributed by atoms with Crippen LogP contribution in [0.4, 0.5) is 0 Å². The van der Waals surface area contributed by atoms with Crippen LogP contribution in [0.5, 0.6) is 11.5 Å². The van der Waals surface area contributed by atoms with Gasteiger partial charge in [-0.3, -0.25) is 9.59 Å². The fourth-order valence-corrected chi connectivity index (χ4v) is 2.88. The number of amides is 2. The van der Waals surface area contributed by atoms with Crippen molar-refractivity contribution in [3.8, 4) is 11.5 Å². The van der Waals surface area contributed by atoms with E-state index in [1.165, 1.54) is 12.4 Å². The summed E-state index contributed by atoms with van der Waals surface area (Å²) in [5, 5.41) is 7.79. The van der Waals surface area contributed by atoms with Crippen LogP contribution >= 0.6 is 31.9 Å². The van der Waals surface area contributed by atoms with E-state index in [0.29, 0.717) is 11.5 Å². The smallest absolute Gasteiger partial charge is 0.240 e. The molecular weight excluding hydrogens is 520 g/mol. The van der Waals surface area contributed by atoms with Crippen LogP contribution in [0.3, 0.4) is 0 Å². The summed E-state index contributed by atoms with van der Waals surface area (Å²) < 4.78 is 11.9. The second-order valence-electron chi connectivity index (χ2n) is 5.86. The molecule has 0 aromatic heterocycles. The lowest BCUT2D eigenvalue weighted by Gasteiger charge is -2.04. The molecule has 8 nitrogen and oxygen atoms in total. The molecule has 0 atom stereocenters. The molecule has 2 rings (SSSR count). The van der Waals surface area contributed by atoms with Gasteiger partial charge in [0.1, 0.15) is 11.5 Å². The Morgan fingerprint density at radius 1 is 0.833 bits per heavy atom. The Morgan fingerprint density at radius 3 is 1.60 bits per heavy atom. The minimum atomic E-state index is -0.389. The summed E-state index contributed by atoms with van der Waals surface area (Å²) in [6.07, 6.45) is 2.92. The minimum Gasteiger partial charge on any atom is -0.497 e. The second kappa shape index (κ2) is 12.1. The van der Waals surface area contributed by atoms with Gasteiger partial charge in [0.2, 0.25) is 11.8 Å². The highest BCUT2D eigenvalue weighted by Crippen LogP contribution is 2.21. The van der Waals surface area contributed by atoms with Crippen LogP contribution in [0.25, 0.3) is 0 Å². The molecule has 30 heavy (non-hydrogen) atoms. The van der Waals surface area contributed by atoms with Gasteiger partial charge < -0.3 is 9.47 Å². The first kappa shape index (κ1) is 23.6. The number of ether oxygens (including phenoxy) is 2. The summed E-state index contributed by atoms with van der Waals surface area (Å²) in [5.74, 6) is 0.563. The van der Waals surface area contributed by atoms with E-state index < -0.39 is 0 Å². The number of rotatable bonds is 9. The third-order valence-electron chi connectivity index (χ3n) is 3.77. The topological polar surface area (TPSA) is 101 Å². The highest BCUT2D eigenvalue weighted by Gasteiger charge is 2.06. The lowest BCUT2D eigenvalue weighted by Crippen LogP contribution is -2.22. The molecule has 0 radical (unpaired) electrons. The maximum Gasteiger partial charge on any atom is 0.240 e. The SMILES string of the molecule is COc1ccc(Br)c(C=NNC(=O)CCC(=O)NN=Cc2cc(OC)ccc2Br)c1. The molecule has 0 aliphatic heterocycles. The third kappa shape index (κ3) is 7.60. The van der Waals surface area contributed by atoms with Gasteiger partial charge in [-0.25, -0.2) is 10.9 Å². The zero-order valence-corrected chi connectivity index (χ0v) is 19.5. The second-order valence-corrected chi connectivity index (χ2v) is 7.57. The molecule has 0 fully saturated rings. The number of methoxy groups -OCH3 is 2. The van der Waals surface area contributed by atoms with Gasteiger partial charge >= 0.3 is 0 Å². The number of carbonyl (C=O) groups is 2. The van der Waals surface area contributed by atoms with Gasteiger partial charge in [0, 0.05) is 32.9 Å². The lowest BCUT2D eigenvalue weighted by atomic mass is 10.2. The molecule has 2 amide bonds. The van der Waals surface area contributed by atoms with Crippen molar-refractivity contribution in [2.75, 3.05) is 14.2 Å². The molecule has 0 bridgehead atoms. The molecule has 0 spiro atoms. The molecule has 0 saturated heterocycles. The zero-order valence-electron chi connectivity index (χ0n) is 16.3. The number of hydrogen-bond donors (Lipinski definition) is 2. The first-order valence-electron chi connectivity index (χ1n) is 8.74. The molecule has 2 aromatic carbocycles. The summed E-state index contributed by atoms with van der Waals surface area (Å²) in [6.45, 7) is 0. The molecule has 2 N–H and O–H groups in total. The Hall–Kier alpha value is -2.72. The standard InChI is InChI=1S/C20H20Br2N4O4/c1-29-15-3-5-17(21)13(9-15)11-23-25-19(27)7-8-20(28)26-24-12-14-10-16(30-2)4-6-18(14)22/h3-6,9-12H,7-8H2,1-2H3,(H,25,27)(H,26,28). The Kier molecular flexibility index (Phi) is 9.49. The quantitative estimate of drug-likeness (QED) is 0.375. The summed E-state index contributed by atoms with van der Waals surface area (Å²) in [6, 6.07) is 10.8. The van der Waals surface area contributed by atoms with Gasteiger partial charge in [0.25, 0.3) is 0 Å². The normalized spacial score (nSPS) is 10.9. The number of nitrogens with zero attached hydrogens (tertiary/aromatic N) is 2. The predicted molar refractivity (Wildman–Crippen MR) is 122 cm³/mol. The van der Waals surface area contributed by atoms with E-state index in [1.54, 1.807) is 38.5 Å². The molecule has 0 unspecified atom stereocenters. The third-order valence-corrected chi connectivity index (χ3v) is 5.22. The summed E-state index contributed by atoms with van der Waals surface area (Å²) >= 11 is 6.79. The maximum atomic E-state index is 11.9. The van der Waals surface area contributed by atoms with E-state index >= 15 is 0 Å². The van der Waals surface area contributed by atoms with Gasteiger partial charge in [-0.2, -0.15) is 10.2 Å². The number of hydrogen-bond acceptors (Lipinski definition) is 6. The average Bonchev–Trinajstić information content (AvgIpc) is 2.75. The van der Waals surface area contributed by atoms with Crippen LogP contribution < -0.4 is 20.3 Å². The number of halogens is 2. The van der Waals surface area contributed by atoms with Crippen LogP contribution in [0.15, 0.2) is 55.5 Å². The molecule has 0 saturated carbocycles. The number of benzene rings is 2. The van der Waals surface area contributed by atoms with E-state index in [4.69, 9.17) is 9.47 Å². The Labute approximate surface area is 191 Å². The number of hydrazone groups is 2. The van der Waals surface area contributed by atoms with Gasteiger partial charge in [0.05, 0.1) is 26.6 Å². The van der Waals surface area contributed by atoms with Crippen molar-refractivity contribution in [3.63, 3.8) is 0 Å². The van der Waals surface area contributed by atoms with E-state index in [1.807, 2.05) is 12.1 Å². The summed E-state index contributed by atoms with van der Waals surface area (Å²) in [4.78, 5) is 23.7. The van der Waals surface area contributed by atoms with Crippen LogP contribution in [-0.4, -0.2) is 38.5 Å². The van der Waals surface area contributed by atoms with Crippen molar-refractivity contribution in [3.05, 3.63) is 56.5 Å². The average molecular weight is 540 g/mol. The molecule has 0 aliphatic carbocycles. The molecular formula is C20H20Br2N4O4. The lowest BCUT2D eigenvalue weighted by molar-refractivity contribution is -0.126. The van der Waals surface area contributed by atoms with E-state index in [2.05, 4.69) is 52.9 Å². The van der Waals surface area contributed by atoms with Crippen molar-refractivity contribution in [1.29, 1.82) is 0 Å². The van der Waals surface area contributed by atoms with Gasteiger partial charge in [-0.1, -0.05) is 31.9 Å². The zero-order chi connectivity index (χ0) is 21.9. The first-order chi connectivity index (χ1) is 14.4. The monoisotopic (exact) mass is 538 g/mol. The first-order valence-corrected chi connectivity index (χ1v) is 10.3. The molecule has 0 aliphatic rings. The minimum absolute atomic E-state index is 0.0270. The van der Waals surface area contributed by atoms with Crippen LogP contribution in [0, 0.1) is 0 Å². The molecule has 0 heterocycles. The number of nitrogens with one attached hydrogen (secondary N) is 2. The van der Waals surface area contributed by atoms with E-state index in [9.17, 15) is 9.59 Å². The summed E-state index contributed by atoms with van der Waals surface area (Å²) in [5.41, 5.74) is 6.25. The Balaban J connectivity index is 1.77. The van der Waals surface area contributed by atoms with Crippen molar-refractivity contribution in [2.24, 2.45) is 10.2 Å². The predicted octanol–water partition coefficient (Wildman–Crippen LogP) is 3.61. The summed E-state index contributed by atoms with van der Waals surface area (Å²) in [7, 11) is 3.13. The van der Waals surface area contributed by atoms with Crippen LogP contribution in [0.2, 0.25) is 0 Å². The van der Waals surface area contributed by atoms with Gasteiger partial charge in [0.15, 0.2) is 0 Å². The van der Waals surface area contributed by atoms with Crippen molar-refractivity contribution < 1.29 is 19.1 Å². The molecule has 2 aromatic rings. The largest absolute Gasteiger partial charge is 0.497 e. The number of carbonyl (C=O) groups excluding carboxylic acids is 2. The van der Waals surface area contributed by atoms with Crippen LogP contribution in [-0.2, 0) is 9.59 Å². The fraction of sp³-hybridized carbons (Fsp3) is 0.200. The molecule has 158 valence electrons. The highest BCUT2D eigenvalue weighted by molar-refractivity contribution is 9.10. The van der Waals surface area contributed by atoms with Gasteiger partial charge in [-0.15, -0.1) is 0 Å². The van der Waals surface area contributed by atoms with Crippen LogP contribution in [0.1, 0.15) is 24.0 Å². The van der Waals surface area contributed by atoms with Gasteiger partial charge in [-0.05, 0) is 36.4 Å².